The van der Waals surface area contributed by atoms with Gasteiger partial charge in [-0.1, -0.05) is 31.9 Å². The first-order valence-corrected chi connectivity index (χ1v) is 10.5. The summed E-state index contributed by atoms with van der Waals surface area (Å²) in [6.07, 6.45) is 4.36. The minimum Gasteiger partial charge on any atom is -0.349 e. The summed E-state index contributed by atoms with van der Waals surface area (Å²) in [7, 11) is -3.94. The summed E-state index contributed by atoms with van der Waals surface area (Å²) >= 11 is 0. The quantitative estimate of drug-likeness (QED) is 0.812. The van der Waals surface area contributed by atoms with E-state index < -0.39 is 15.8 Å². The van der Waals surface area contributed by atoms with E-state index in [4.69, 9.17) is 0 Å². The fraction of sp³-hybridized carbons (Fsp3) is 0.350. The van der Waals surface area contributed by atoms with Gasteiger partial charge >= 0.3 is 0 Å². The van der Waals surface area contributed by atoms with Gasteiger partial charge in [-0.05, 0) is 55.2 Å². The van der Waals surface area contributed by atoms with Crippen molar-refractivity contribution in [1.82, 2.24) is 5.32 Å². The van der Waals surface area contributed by atoms with Crippen molar-refractivity contribution in [3.05, 3.63) is 59.9 Å². The Hall–Kier alpha value is -2.41. The Kier molecular flexibility index (Phi) is 5.79. The third-order valence-electron chi connectivity index (χ3n) is 4.97. The number of nitrogens with one attached hydrogen (secondary N) is 2. The van der Waals surface area contributed by atoms with E-state index in [2.05, 4.69) is 17.0 Å². The molecule has 3 rings (SSSR count). The van der Waals surface area contributed by atoms with Crippen molar-refractivity contribution in [3.8, 4) is 0 Å². The normalized spacial score (nSPS) is 20.1. The maximum Gasteiger partial charge on any atom is 0.261 e. The second-order valence-corrected chi connectivity index (χ2v) is 8.63. The molecule has 27 heavy (non-hydrogen) atoms. The van der Waals surface area contributed by atoms with Gasteiger partial charge in [-0.3, -0.25) is 9.52 Å². The van der Waals surface area contributed by atoms with Crippen molar-refractivity contribution in [2.75, 3.05) is 4.72 Å². The molecule has 2 N–H and O–H groups in total. The average molecular weight is 390 g/mol. The minimum absolute atomic E-state index is 0.0339. The van der Waals surface area contributed by atoms with Gasteiger partial charge in [-0.15, -0.1) is 0 Å². The van der Waals surface area contributed by atoms with Gasteiger partial charge in [0.1, 0.15) is 5.82 Å². The van der Waals surface area contributed by atoms with Crippen molar-refractivity contribution in [2.24, 2.45) is 5.92 Å². The van der Waals surface area contributed by atoms with Crippen LogP contribution in [0, 0.1) is 11.7 Å². The smallest absolute Gasteiger partial charge is 0.261 e. The molecule has 0 unspecified atom stereocenters. The van der Waals surface area contributed by atoms with Crippen molar-refractivity contribution >= 4 is 21.6 Å². The summed E-state index contributed by atoms with van der Waals surface area (Å²) in [5.41, 5.74) is 0.281. The van der Waals surface area contributed by atoms with Crippen LogP contribution in [0.1, 0.15) is 43.0 Å². The lowest BCUT2D eigenvalue weighted by Gasteiger charge is -2.29. The second-order valence-electron chi connectivity index (χ2n) is 6.95. The first kappa shape index (κ1) is 19.4. The summed E-state index contributed by atoms with van der Waals surface area (Å²) in [6.45, 7) is 2.13. The van der Waals surface area contributed by atoms with Crippen LogP contribution in [0.3, 0.4) is 0 Å². The molecular weight excluding hydrogens is 367 g/mol. The van der Waals surface area contributed by atoms with Gasteiger partial charge in [0.05, 0.1) is 10.6 Å². The largest absolute Gasteiger partial charge is 0.349 e. The minimum atomic E-state index is -3.94. The molecule has 2 aromatic rings. The van der Waals surface area contributed by atoms with Crippen molar-refractivity contribution in [1.29, 1.82) is 0 Å². The Morgan fingerprint density at radius 2 is 1.70 bits per heavy atom. The molecule has 0 aromatic heterocycles. The van der Waals surface area contributed by atoms with Crippen molar-refractivity contribution < 1.29 is 17.6 Å². The number of benzene rings is 2. The molecule has 2 atom stereocenters. The number of anilines is 1. The average Bonchev–Trinajstić information content (AvgIpc) is 2.65. The van der Waals surface area contributed by atoms with Crippen LogP contribution < -0.4 is 10.0 Å². The summed E-state index contributed by atoms with van der Waals surface area (Å²) in [6, 6.07) is 11.3. The summed E-state index contributed by atoms with van der Waals surface area (Å²) < 4.78 is 40.7. The molecular formula is C20H23FN2O3S. The fourth-order valence-corrected chi connectivity index (χ4v) is 4.38. The highest BCUT2D eigenvalue weighted by Crippen LogP contribution is 2.24. The van der Waals surface area contributed by atoms with Crippen LogP contribution in [0.4, 0.5) is 10.1 Å². The van der Waals surface area contributed by atoms with Gasteiger partial charge < -0.3 is 5.32 Å². The Morgan fingerprint density at radius 3 is 2.37 bits per heavy atom. The highest BCUT2D eigenvalue weighted by molar-refractivity contribution is 7.92. The van der Waals surface area contributed by atoms with Crippen LogP contribution in [-0.4, -0.2) is 20.4 Å². The van der Waals surface area contributed by atoms with E-state index in [1.54, 1.807) is 6.07 Å². The van der Waals surface area contributed by atoms with Crippen LogP contribution in [-0.2, 0) is 10.0 Å². The Balaban J connectivity index is 1.70. The van der Waals surface area contributed by atoms with Gasteiger partial charge in [0.25, 0.3) is 15.9 Å². The standard InChI is InChI=1S/C20H23FN2O3S/c1-14-6-2-4-8-18(14)22-20(24)15-10-12-16(13-11-15)27(25,26)23-19-9-5-3-7-17(19)21/h3,5,7,9-14,18,23H,2,4,6,8H2,1H3,(H,22,24)/t14-,18+/m0/s1. The van der Waals surface area contributed by atoms with Crippen LogP contribution >= 0.6 is 0 Å². The lowest BCUT2D eigenvalue weighted by atomic mass is 9.86. The highest BCUT2D eigenvalue weighted by atomic mass is 32.2. The lowest BCUT2D eigenvalue weighted by molar-refractivity contribution is 0.0910. The second kappa shape index (κ2) is 8.08. The number of sulfonamides is 1. The highest BCUT2D eigenvalue weighted by Gasteiger charge is 2.23. The molecule has 0 spiro atoms. The zero-order chi connectivity index (χ0) is 19.4. The number of halogens is 1. The summed E-state index contributed by atoms with van der Waals surface area (Å²) in [5.74, 6) is -0.425. The van der Waals surface area contributed by atoms with E-state index in [-0.39, 0.29) is 22.5 Å². The molecule has 1 aliphatic rings. The molecule has 0 heterocycles. The topological polar surface area (TPSA) is 75.3 Å². The van der Waals surface area contributed by atoms with Crippen molar-refractivity contribution in [3.63, 3.8) is 0 Å². The molecule has 1 aliphatic carbocycles. The number of hydrogen-bond donors (Lipinski definition) is 2. The number of hydrogen-bond acceptors (Lipinski definition) is 3. The van der Waals surface area contributed by atoms with Gasteiger partial charge in [0, 0.05) is 11.6 Å². The third-order valence-corrected chi connectivity index (χ3v) is 6.35. The van der Waals surface area contributed by atoms with E-state index in [1.807, 2.05) is 0 Å². The van der Waals surface area contributed by atoms with Crippen LogP contribution in [0.25, 0.3) is 0 Å². The van der Waals surface area contributed by atoms with E-state index in [9.17, 15) is 17.6 Å². The number of rotatable bonds is 5. The number of para-hydroxylation sites is 1. The monoisotopic (exact) mass is 390 g/mol. The first-order chi connectivity index (χ1) is 12.9. The van der Waals surface area contributed by atoms with Crippen LogP contribution in [0.15, 0.2) is 53.4 Å². The maximum atomic E-state index is 13.7. The number of amides is 1. The van der Waals surface area contributed by atoms with Crippen LogP contribution in [0.5, 0.6) is 0 Å². The molecule has 2 aromatic carbocycles. The molecule has 1 fully saturated rings. The van der Waals surface area contributed by atoms with E-state index >= 15 is 0 Å². The molecule has 0 aliphatic heterocycles. The zero-order valence-corrected chi connectivity index (χ0v) is 15.9. The van der Waals surface area contributed by atoms with E-state index in [0.717, 1.165) is 19.3 Å². The maximum absolute atomic E-state index is 13.7. The molecule has 5 nitrogen and oxygen atoms in total. The van der Waals surface area contributed by atoms with Gasteiger partial charge in [-0.25, -0.2) is 12.8 Å². The number of carbonyl (C=O) groups excluding carboxylic acids is 1. The molecule has 0 bridgehead atoms. The molecule has 1 saturated carbocycles. The molecule has 1 amide bonds. The predicted molar refractivity (Wildman–Crippen MR) is 103 cm³/mol. The molecule has 0 radical (unpaired) electrons. The molecule has 7 heteroatoms. The summed E-state index contributed by atoms with van der Waals surface area (Å²) in [5, 5.41) is 3.04. The lowest BCUT2D eigenvalue weighted by Crippen LogP contribution is -2.41. The van der Waals surface area contributed by atoms with Gasteiger partial charge in [0.2, 0.25) is 0 Å². The third kappa shape index (κ3) is 4.66. The Morgan fingerprint density at radius 1 is 1.04 bits per heavy atom. The number of carbonyl (C=O) groups is 1. The Bertz CT molecular complexity index is 913. The SMILES string of the molecule is C[C@H]1CCCC[C@H]1NC(=O)c1ccc(S(=O)(=O)Nc2ccccc2F)cc1. The predicted octanol–water partition coefficient (Wildman–Crippen LogP) is 3.94. The zero-order valence-electron chi connectivity index (χ0n) is 15.1. The van der Waals surface area contributed by atoms with Gasteiger partial charge in [0.15, 0.2) is 0 Å². The van der Waals surface area contributed by atoms with Gasteiger partial charge in [-0.2, -0.15) is 0 Å². The summed E-state index contributed by atoms with van der Waals surface area (Å²) in [4.78, 5) is 12.4. The fourth-order valence-electron chi connectivity index (χ4n) is 3.32. The molecule has 0 saturated heterocycles. The van der Waals surface area contributed by atoms with E-state index in [1.165, 1.54) is 48.9 Å². The van der Waals surface area contributed by atoms with E-state index in [0.29, 0.717) is 11.5 Å². The first-order valence-electron chi connectivity index (χ1n) is 9.05. The van der Waals surface area contributed by atoms with Crippen LogP contribution in [0.2, 0.25) is 0 Å². The molecule has 144 valence electrons. The van der Waals surface area contributed by atoms with Crippen molar-refractivity contribution in [2.45, 2.75) is 43.5 Å². The Labute approximate surface area is 159 Å².